The van der Waals surface area contributed by atoms with Gasteiger partial charge in [-0.1, -0.05) is 35.9 Å². The number of amides is 1. The molecule has 4 aromatic rings. The first kappa shape index (κ1) is 21.8. The molecule has 0 atom stereocenters. The van der Waals surface area contributed by atoms with Crippen LogP contribution >= 0.6 is 11.6 Å². The number of aromatic nitrogens is 3. The molecule has 2 aromatic heterocycles. The van der Waals surface area contributed by atoms with Crippen molar-refractivity contribution in [1.82, 2.24) is 14.2 Å². The summed E-state index contributed by atoms with van der Waals surface area (Å²) in [5.41, 5.74) is 4.89. The van der Waals surface area contributed by atoms with E-state index in [4.69, 9.17) is 11.6 Å². The Morgan fingerprint density at radius 1 is 1.16 bits per heavy atom. The third-order valence-electron chi connectivity index (χ3n) is 5.65. The van der Waals surface area contributed by atoms with Crippen molar-refractivity contribution >= 4 is 28.8 Å². The van der Waals surface area contributed by atoms with Gasteiger partial charge in [-0.05, 0) is 44.0 Å². The Bertz CT molecular complexity index is 1410. The van der Waals surface area contributed by atoms with Gasteiger partial charge >= 0.3 is 0 Å². The molecule has 1 N–H and O–H groups in total. The molecule has 0 aliphatic rings. The number of nitrogens with zero attached hydrogens (tertiary/aromatic N) is 3. The number of carbonyl (C=O) groups excluding carboxylic acids is 1. The van der Waals surface area contributed by atoms with Crippen LogP contribution in [0.3, 0.4) is 0 Å². The van der Waals surface area contributed by atoms with Gasteiger partial charge in [0.15, 0.2) is 0 Å². The lowest BCUT2D eigenvalue weighted by atomic mass is 10.1. The predicted molar refractivity (Wildman–Crippen MR) is 124 cm³/mol. The van der Waals surface area contributed by atoms with Gasteiger partial charge in [0, 0.05) is 42.0 Å². The fraction of sp³-hybridized carbons (Fsp3) is 0.208. The molecule has 0 unspecified atom stereocenters. The van der Waals surface area contributed by atoms with Crippen molar-refractivity contribution in [3.63, 3.8) is 0 Å². The molecule has 164 valence electrons. The van der Waals surface area contributed by atoms with Gasteiger partial charge in [-0.15, -0.1) is 0 Å². The number of carbonyl (C=O) groups is 1. The molecular weight excluding hydrogens is 431 g/mol. The summed E-state index contributed by atoms with van der Waals surface area (Å²) in [6, 6.07) is 13.7. The van der Waals surface area contributed by atoms with E-state index in [0.29, 0.717) is 16.9 Å². The van der Waals surface area contributed by atoms with Gasteiger partial charge in [0.05, 0.1) is 10.7 Å². The highest BCUT2D eigenvalue weighted by molar-refractivity contribution is 6.31. The zero-order valence-corrected chi connectivity index (χ0v) is 18.7. The monoisotopic (exact) mass is 452 g/mol. The van der Waals surface area contributed by atoms with E-state index < -0.39 is 5.82 Å². The Labute approximate surface area is 189 Å². The molecule has 0 spiro atoms. The van der Waals surface area contributed by atoms with Crippen LogP contribution in [0.15, 0.2) is 53.3 Å². The number of benzene rings is 2. The van der Waals surface area contributed by atoms with Crippen LogP contribution in [0.2, 0.25) is 5.02 Å². The van der Waals surface area contributed by atoms with E-state index in [1.165, 1.54) is 22.7 Å². The molecule has 0 saturated heterocycles. The highest BCUT2D eigenvalue weighted by Crippen LogP contribution is 2.23. The summed E-state index contributed by atoms with van der Waals surface area (Å²) < 4.78 is 16.6. The Hall–Kier alpha value is -3.45. The summed E-state index contributed by atoms with van der Waals surface area (Å²) in [4.78, 5) is 25.6. The van der Waals surface area contributed by atoms with E-state index in [9.17, 15) is 14.0 Å². The zero-order valence-electron chi connectivity index (χ0n) is 17.9. The smallest absolute Gasteiger partial charge is 0.277 e. The molecule has 2 heterocycles. The standard InChI is InChI=1S/C24H22ClFN4O2/c1-14-6-4-5-7-17(14)21-13-23-29(3)15(2)18(24(32)30(23)28-21)9-11-22(31)27-16-8-10-20(26)19(25)12-16/h4-8,10,12-13H,9,11H2,1-3H3,(H,27,31). The minimum Gasteiger partial charge on any atom is -0.333 e. The van der Waals surface area contributed by atoms with Crippen molar-refractivity contribution in [3.8, 4) is 11.3 Å². The molecule has 6 nitrogen and oxygen atoms in total. The molecule has 0 saturated carbocycles. The molecule has 0 fully saturated rings. The molecule has 0 aliphatic carbocycles. The highest BCUT2D eigenvalue weighted by Gasteiger charge is 2.17. The average Bonchev–Trinajstić information content (AvgIpc) is 3.21. The van der Waals surface area contributed by atoms with Crippen LogP contribution in [0.1, 0.15) is 23.2 Å². The van der Waals surface area contributed by atoms with Crippen LogP contribution in [0, 0.1) is 19.7 Å². The van der Waals surface area contributed by atoms with E-state index in [1.807, 2.05) is 55.8 Å². The summed E-state index contributed by atoms with van der Waals surface area (Å²) in [5.74, 6) is -0.850. The lowest BCUT2D eigenvalue weighted by Gasteiger charge is -2.12. The maximum atomic E-state index is 13.3. The number of aryl methyl sites for hydroxylation is 2. The third-order valence-corrected chi connectivity index (χ3v) is 5.94. The van der Waals surface area contributed by atoms with Crippen molar-refractivity contribution in [2.45, 2.75) is 26.7 Å². The maximum Gasteiger partial charge on any atom is 0.277 e. The molecule has 32 heavy (non-hydrogen) atoms. The molecule has 1 amide bonds. The van der Waals surface area contributed by atoms with E-state index in [1.54, 1.807) is 0 Å². The van der Waals surface area contributed by atoms with Crippen LogP contribution < -0.4 is 10.9 Å². The number of hydrogen-bond acceptors (Lipinski definition) is 3. The first-order chi connectivity index (χ1) is 15.3. The second-order valence-electron chi connectivity index (χ2n) is 7.72. The minimum atomic E-state index is -0.554. The summed E-state index contributed by atoms with van der Waals surface area (Å²) in [5, 5.41) is 7.16. The zero-order chi connectivity index (χ0) is 23.0. The SMILES string of the molecule is Cc1ccccc1-c1cc2n(C)c(C)c(CCC(=O)Nc3ccc(F)c(Cl)c3)c(=O)n2n1. The third kappa shape index (κ3) is 4.03. The van der Waals surface area contributed by atoms with Crippen LogP contribution in [-0.2, 0) is 18.3 Å². The molecule has 2 aromatic carbocycles. The number of fused-ring (bicyclic) bond motifs is 1. The van der Waals surface area contributed by atoms with Gasteiger partial charge in [0.25, 0.3) is 5.56 Å². The largest absolute Gasteiger partial charge is 0.333 e. The lowest BCUT2D eigenvalue weighted by molar-refractivity contribution is -0.116. The Morgan fingerprint density at radius 3 is 2.62 bits per heavy atom. The highest BCUT2D eigenvalue weighted by atomic mass is 35.5. The van der Waals surface area contributed by atoms with Crippen molar-refractivity contribution in [1.29, 1.82) is 0 Å². The quantitative estimate of drug-likeness (QED) is 0.478. The second-order valence-corrected chi connectivity index (χ2v) is 8.13. The molecule has 0 aliphatic heterocycles. The molecular formula is C24H22ClFN4O2. The van der Waals surface area contributed by atoms with E-state index in [2.05, 4.69) is 10.4 Å². The van der Waals surface area contributed by atoms with Crippen LogP contribution in [0.4, 0.5) is 10.1 Å². The number of halogens is 2. The lowest BCUT2D eigenvalue weighted by Crippen LogP contribution is -2.26. The summed E-state index contributed by atoms with van der Waals surface area (Å²) in [7, 11) is 1.87. The normalized spacial score (nSPS) is 11.2. The van der Waals surface area contributed by atoms with Crippen molar-refractivity contribution < 1.29 is 9.18 Å². The van der Waals surface area contributed by atoms with Gasteiger partial charge < -0.3 is 9.88 Å². The molecule has 0 radical (unpaired) electrons. The van der Waals surface area contributed by atoms with Gasteiger partial charge in [0.2, 0.25) is 5.91 Å². The average molecular weight is 453 g/mol. The number of anilines is 1. The Morgan fingerprint density at radius 2 is 1.91 bits per heavy atom. The van der Waals surface area contributed by atoms with Gasteiger partial charge in [0.1, 0.15) is 11.5 Å². The van der Waals surface area contributed by atoms with Gasteiger partial charge in [-0.2, -0.15) is 9.61 Å². The second kappa shape index (κ2) is 8.59. The van der Waals surface area contributed by atoms with E-state index >= 15 is 0 Å². The molecule has 4 rings (SSSR count). The first-order valence-corrected chi connectivity index (χ1v) is 10.5. The topological polar surface area (TPSA) is 68.4 Å². The minimum absolute atomic E-state index is 0.0684. The fourth-order valence-electron chi connectivity index (χ4n) is 3.73. The Balaban J connectivity index is 1.61. The number of rotatable bonds is 5. The van der Waals surface area contributed by atoms with Crippen LogP contribution in [0.25, 0.3) is 16.9 Å². The maximum absolute atomic E-state index is 13.3. The van der Waals surface area contributed by atoms with E-state index in [0.717, 1.165) is 22.5 Å². The predicted octanol–water partition coefficient (Wildman–Crippen LogP) is 4.68. The molecule has 8 heteroatoms. The van der Waals surface area contributed by atoms with Gasteiger partial charge in [-0.25, -0.2) is 4.39 Å². The first-order valence-electron chi connectivity index (χ1n) is 10.2. The van der Waals surface area contributed by atoms with Crippen molar-refractivity contribution in [2.24, 2.45) is 7.05 Å². The summed E-state index contributed by atoms with van der Waals surface area (Å²) in [6.07, 6.45) is 0.331. The Kier molecular flexibility index (Phi) is 5.84. The van der Waals surface area contributed by atoms with Crippen LogP contribution in [-0.4, -0.2) is 20.1 Å². The fourth-order valence-corrected chi connectivity index (χ4v) is 3.91. The number of nitrogens with one attached hydrogen (secondary N) is 1. The van der Waals surface area contributed by atoms with Gasteiger partial charge in [-0.3, -0.25) is 9.59 Å². The summed E-state index contributed by atoms with van der Waals surface area (Å²) in [6.45, 7) is 3.86. The van der Waals surface area contributed by atoms with E-state index in [-0.39, 0.29) is 29.3 Å². The number of hydrogen-bond donors (Lipinski definition) is 1. The van der Waals surface area contributed by atoms with Crippen molar-refractivity contribution in [2.75, 3.05) is 5.32 Å². The summed E-state index contributed by atoms with van der Waals surface area (Å²) >= 11 is 5.76. The molecule has 0 bridgehead atoms. The van der Waals surface area contributed by atoms with Crippen LogP contribution in [0.5, 0.6) is 0 Å². The van der Waals surface area contributed by atoms with Crippen molar-refractivity contribution in [3.05, 3.63) is 86.5 Å².